The topological polar surface area (TPSA) is 38.3 Å². The first-order valence-electron chi connectivity index (χ1n) is 12.6. The average Bonchev–Trinajstić information content (AvgIpc) is 2.72. The quantitative estimate of drug-likeness (QED) is 0.120. The molecule has 1 unspecified atom stereocenters. The maximum atomic E-state index is 12.3. The van der Waals surface area contributed by atoms with E-state index in [1.165, 1.54) is 95.5 Å². The van der Waals surface area contributed by atoms with E-state index in [0.717, 1.165) is 19.4 Å². The molecule has 0 aromatic rings. The van der Waals surface area contributed by atoms with Gasteiger partial charge in [0.1, 0.15) is 6.61 Å². The van der Waals surface area contributed by atoms with Gasteiger partial charge in [-0.2, -0.15) is 0 Å². The predicted octanol–water partition coefficient (Wildman–Crippen LogP) is 7.59. The van der Waals surface area contributed by atoms with Crippen molar-refractivity contribution in [3.8, 4) is 0 Å². The molecule has 0 aliphatic carbocycles. The second-order valence-electron chi connectivity index (χ2n) is 8.67. The van der Waals surface area contributed by atoms with E-state index in [-0.39, 0.29) is 11.9 Å². The molecule has 0 bridgehead atoms. The Labute approximate surface area is 182 Å². The van der Waals surface area contributed by atoms with Crippen LogP contribution in [-0.4, -0.2) is 26.2 Å². The van der Waals surface area contributed by atoms with Crippen molar-refractivity contribution in [2.75, 3.05) is 20.2 Å². The van der Waals surface area contributed by atoms with Gasteiger partial charge in [-0.05, 0) is 58.2 Å². The minimum absolute atomic E-state index is 0.0206. The Morgan fingerprint density at radius 2 is 1.38 bits per heavy atom. The lowest BCUT2D eigenvalue weighted by Crippen LogP contribution is -2.15. The van der Waals surface area contributed by atoms with Crippen molar-refractivity contribution in [2.24, 2.45) is 5.92 Å². The van der Waals surface area contributed by atoms with Gasteiger partial charge in [-0.25, -0.2) is 0 Å². The monoisotopic (exact) mass is 409 g/mol. The lowest BCUT2D eigenvalue weighted by molar-refractivity contribution is -0.146. The zero-order chi connectivity index (χ0) is 21.6. The van der Waals surface area contributed by atoms with E-state index >= 15 is 0 Å². The van der Waals surface area contributed by atoms with Gasteiger partial charge in [0.15, 0.2) is 0 Å². The molecule has 0 spiro atoms. The summed E-state index contributed by atoms with van der Waals surface area (Å²) in [5.41, 5.74) is 1.50. The van der Waals surface area contributed by atoms with Crippen molar-refractivity contribution in [1.82, 2.24) is 5.32 Å². The van der Waals surface area contributed by atoms with Crippen LogP contribution in [0.2, 0.25) is 0 Å². The summed E-state index contributed by atoms with van der Waals surface area (Å²) in [5, 5.41) is 3.19. The number of ether oxygens (including phenoxy) is 1. The minimum atomic E-state index is -0.0206. The summed E-state index contributed by atoms with van der Waals surface area (Å²) in [4.78, 5) is 12.3. The number of esters is 1. The molecule has 0 aromatic carbocycles. The highest BCUT2D eigenvalue weighted by molar-refractivity contribution is 5.72. The van der Waals surface area contributed by atoms with Crippen LogP contribution in [0.3, 0.4) is 0 Å². The summed E-state index contributed by atoms with van der Waals surface area (Å²) in [5.74, 6) is 0.00557. The molecule has 3 heteroatoms. The number of carbonyl (C=O) groups excluding carboxylic acids is 1. The lowest BCUT2D eigenvalue weighted by atomic mass is 10.00. The zero-order valence-corrected chi connectivity index (χ0v) is 20.2. The maximum absolute atomic E-state index is 12.3. The summed E-state index contributed by atoms with van der Waals surface area (Å²) in [6.45, 7) is 8.10. The Morgan fingerprint density at radius 1 is 0.828 bits per heavy atom. The summed E-state index contributed by atoms with van der Waals surface area (Å²) >= 11 is 0. The molecule has 3 nitrogen and oxygen atoms in total. The van der Waals surface area contributed by atoms with E-state index in [1.807, 2.05) is 14.0 Å². The normalized spacial score (nSPS) is 12.0. The molecule has 172 valence electrons. The molecule has 0 radical (unpaired) electrons. The van der Waals surface area contributed by atoms with Gasteiger partial charge in [0.25, 0.3) is 0 Å². The number of unbranched alkanes of at least 4 members (excludes halogenated alkanes) is 10. The Balaban J connectivity index is 4.08. The highest BCUT2D eigenvalue weighted by Gasteiger charge is 2.13. The van der Waals surface area contributed by atoms with Crippen LogP contribution in [0.15, 0.2) is 11.6 Å². The number of allylic oxidation sites excluding steroid dienone is 1. The van der Waals surface area contributed by atoms with Gasteiger partial charge in [-0.15, -0.1) is 0 Å². The smallest absolute Gasteiger partial charge is 0.308 e. The summed E-state index contributed by atoms with van der Waals surface area (Å²) in [6, 6.07) is 0. The zero-order valence-electron chi connectivity index (χ0n) is 20.2. The fraction of sp³-hybridized carbons (Fsp3) is 0.885. The third-order valence-corrected chi connectivity index (χ3v) is 5.77. The second kappa shape index (κ2) is 21.9. The molecule has 0 heterocycles. The van der Waals surface area contributed by atoms with Crippen molar-refractivity contribution in [1.29, 1.82) is 0 Å². The first-order valence-corrected chi connectivity index (χ1v) is 12.6. The highest BCUT2D eigenvalue weighted by atomic mass is 16.5. The molecule has 29 heavy (non-hydrogen) atoms. The molecule has 0 amide bonds. The molecule has 0 aliphatic rings. The van der Waals surface area contributed by atoms with E-state index in [1.54, 1.807) is 0 Å². The molecule has 1 N–H and O–H groups in total. The van der Waals surface area contributed by atoms with Crippen LogP contribution >= 0.6 is 0 Å². The van der Waals surface area contributed by atoms with Gasteiger partial charge in [0, 0.05) is 0 Å². The molecule has 1 atom stereocenters. The summed E-state index contributed by atoms with van der Waals surface area (Å²) in [6.07, 6.45) is 22.0. The van der Waals surface area contributed by atoms with Crippen LogP contribution in [0.5, 0.6) is 0 Å². The minimum Gasteiger partial charge on any atom is -0.461 e. The van der Waals surface area contributed by atoms with Crippen LogP contribution in [0, 0.1) is 5.92 Å². The number of hydrogen-bond acceptors (Lipinski definition) is 3. The first-order chi connectivity index (χ1) is 14.2. The number of carbonyl (C=O) groups is 1. The summed E-state index contributed by atoms with van der Waals surface area (Å²) in [7, 11) is 2.00. The third-order valence-electron chi connectivity index (χ3n) is 5.77. The van der Waals surface area contributed by atoms with Crippen molar-refractivity contribution in [3.05, 3.63) is 11.6 Å². The molecule has 0 fully saturated rings. The highest BCUT2D eigenvalue weighted by Crippen LogP contribution is 2.18. The molecule has 0 saturated carbocycles. The molecule has 0 aliphatic heterocycles. The van der Waals surface area contributed by atoms with Crippen molar-refractivity contribution in [2.45, 2.75) is 124 Å². The number of nitrogens with one attached hydrogen (secondary N) is 1. The Kier molecular flexibility index (Phi) is 21.2. The molecular formula is C26H51NO2. The van der Waals surface area contributed by atoms with Crippen LogP contribution in [0.1, 0.15) is 124 Å². The van der Waals surface area contributed by atoms with Crippen LogP contribution in [0.25, 0.3) is 0 Å². The second-order valence-corrected chi connectivity index (χ2v) is 8.67. The van der Waals surface area contributed by atoms with Gasteiger partial charge in [-0.3, -0.25) is 4.79 Å². The van der Waals surface area contributed by atoms with Gasteiger partial charge in [-0.1, -0.05) is 90.6 Å². The van der Waals surface area contributed by atoms with E-state index in [4.69, 9.17) is 4.74 Å². The first kappa shape index (κ1) is 28.2. The van der Waals surface area contributed by atoms with Crippen LogP contribution < -0.4 is 5.32 Å². The van der Waals surface area contributed by atoms with E-state index in [0.29, 0.717) is 6.61 Å². The van der Waals surface area contributed by atoms with Crippen molar-refractivity contribution >= 4 is 5.97 Å². The molecule has 0 rings (SSSR count). The fourth-order valence-corrected chi connectivity index (χ4v) is 3.67. The average molecular weight is 410 g/mol. The number of rotatable bonds is 21. The van der Waals surface area contributed by atoms with E-state index in [9.17, 15) is 4.79 Å². The van der Waals surface area contributed by atoms with Crippen LogP contribution in [-0.2, 0) is 9.53 Å². The predicted molar refractivity (Wildman–Crippen MR) is 127 cm³/mol. The van der Waals surface area contributed by atoms with Crippen molar-refractivity contribution < 1.29 is 9.53 Å². The third kappa shape index (κ3) is 18.9. The van der Waals surface area contributed by atoms with E-state index < -0.39 is 0 Å². The van der Waals surface area contributed by atoms with Gasteiger partial charge >= 0.3 is 5.97 Å². The largest absolute Gasteiger partial charge is 0.461 e. The Hall–Kier alpha value is -0.830. The molecule has 0 saturated heterocycles. The molecule has 0 aromatic heterocycles. The summed E-state index contributed by atoms with van der Waals surface area (Å²) < 4.78 is 5.58. The number of hydrogen-bond donors (Lipinski definition) is 1. The Bertz CT molecular complexity index is 378. The fourth-order valence-electron chi connectivity index (χ4n) is 3.67. The van der Waals surface area contributed by atoms with Gasteiger partial charge < -0.3 is 10.1 Å². The van der Waals surface area contributed by atoms with Gasteiger partial charge in [0.05, 0.1) is 5.92 Å². The molecular weight excluding hydrogens is 358 g/mol. The van der Waals surface area contributed by atoms with E-state index in [2.05, 4.69) is 25.2 Å². The lowest BCUT2D eigenvalue weighted by Gasteiger charge is -2.12. The standard InChI is InChI=1S/C26H51NO2/c1-5-7-9-15-19-25(20-16-10-8-6-2)21-23-29-26(28)24(3)18-14-12-11-13-17-22-27-4/h21,24,27H,5-20,22-23H2,1-4H3. The maximum Gasteiger partial charge on any atom is 0.308 e. The Morgan fingerprint density at radius 3 is 1.97 bits per heavy atom. The van der Waals surface area contributed by atoms with Crippen molar-refractivity contribution in [3.63, 3.8) is 0 Å². The SMILES string of the molecule is CCCCCCC(=CCOC(=O)C(C)CCCCCCCNC)CCCCCC. The van der Waals surface area contributed by atoms with Gasteiger partial charge in [0.2, 0.25) is 0 Å². The van der Waals surface area contributed by atoms with Crippen LogP contribution in [0.4, 0.5) is 0 Å².